The lowest BCUT2D eigenvalue weighted by Crippen LogP contribution is -2.02. The van der Waals surface area contributed by atoms with E-state index >= 15 is 0 Å². The molecule has 3 heterocycles. The van der Waals surface area contributed by atoms with Gasteiger partial charge in [-0.25, -0.2) is 9.97 Å². The van der Waals surface area contributed by atoms with Crippen molar-refractivity contribution in [2.24, 2.45) is 0 Å². The summed E-state index contributed by atoms with van der Waals surface area (Å²) >= 11 is 0. The Kier molecular flexibility index (Phi) is 5.84. The van der Waals surface area contributed by atoms with Crippen LogP contribution in [0.2, 0.25) is 0 Å². The van der Waals surface area contributed by atoms with Crippen molar-refractivity contribution in [3.63, 3.8) is 0 Å². The molecule has 4 heteroatoms. The molecule has 10 aromatic rings. The number of para-hydroxylation sites is 4. The van der Waals surface area contributed by atoms with Gasteiger partial charge in [-0.1, -0.05) is 115 Å². The van der Waals surface area contributed by atoms with Gasteiger partial charge in [-0.2, -0.15) is 0 Å². The zero-order chi connectivity index (χ0) is 31.6. The molecule has 10 rings (SSSR count). The minimum absolute atomic E-state index is 0.718. The smallest absolute Gasteiger partial charge is 0.162 e. The van der Waals surface area contributed by atoms with Crippen LogP contribution < -0.4 is 0 Å². The van der Waals surface area contributed by atoms with E-state index in [2.05, 4.69) is 155 Å². The van der Waals surface area contributed by atoms with Crippen LogP contribution >= 0.6 is 0 Å². The predicted octanol–water partition coefficient (Wildman–Crippen LogP) is 11.2. The van der Waals surface area contributed by atoms with Crippen molar-refractivity contribution < 1.29 is 0 Å². The highest BCUT2D eigenvalue weighted by molar-refractivity contribution is 6.12. The number of hydrogen-bond acceptors (Lipinski definition) is 2. The van der Waals surface area contributed by atoms with Crippen LogP contribution in [0.5, 0.6) is 0 Å². The molecule has 7 aromatic carbocycles. The van der Waals surface area contributed by atoms with Gasteiger partial charge in [0.1, 0.15) is 5.82 Å². The second-order valence-electron chi connectivity index (χ2n) is 12.3. The van der Waals surface area contributed by atoms with Gasteiger partial charge in [-0.15, -0.1) is 0 Å². The molecule has 0 spiro atoms. The van der Waals surface area contributed by atoms with E-state index in [1.165, 1.54) is 43.7 Å². The highest BCUT2D eigenvalue weighted by Crippen LogP contribution is 2.37. The highest BCUT2D eigenvalue weighted by atomic mass is 15.1. The summed E-state index contributed by atoms with van der Waals surface area (Å²) in [6.07, 6.45) is 0. The minimum Gasteiger partial charge on any atom is -0.309 e. The number of benzene rings is 7. The highest BCUT2D eigenvalue weighted by Gasteiger charge is 2.18. The summed E-state index contributed by atoms with van der Waals surface area (Å²) < 4.78 is 4.66. The zero-order valence-electron chi connectivity index (χ0n) is 26.0. The van der Waals surface area contributed by atoms with Gasteiger partial charge in [-0.05, 0) is 65.7 Å². The van der Waals surface area contributed by atoms with Crippen LogP contribution in [-0.4, -0.2) is 19.1 Å². The molecular formula is C44H28N4. The average molecular weight is 613 g/mol. The van der Waals surface area contributed by atoms with Gasteiger partial charge in [0.2, 0.25) is 0 Å². The van der Waals surface area contributed by atoms with Crippen molar-refractivity contribution in [3.8, 4) is 34.0 Å². The molecule has 3 aromatic heterocycles. The molecule has 48 heavy (non-hydrogen) atoms. The van der Waals surface area contributed by atoms with Crippen molar-refractivity contribution in [1.82, 2.24) is 19.1 Å². The maximum atomic E-state index is 5.22. The summed E-state index contributed by atoms with van der Waals surface area (Å²) in [4.78, 5) is 10.2. The second-order valence-corrected chi connectivity index (χ2v) is 12.3. The summed E-state index contributed by atoms with van der Waals surface area (Å²) in [7, 11) is 0. The number of rotatable bonds is 4. The van der Waals surface area contributed by atoms with Gasteiger partial charge in [0.05, 0.1) is 27.6 Å². The fourth-order valence-electron chi connectivity index (χ4n) is 7.33. The first-order valence-electron chi connectivity index (χ1n) is 16.3. The molecule has 0 atom stereocenters. The molecule has 4 nitrogen and oxygen atoms in total. The monoisotopic (exact) mass is 612 g/mol. The van der Waals surface area contributed by atoms with E-state index in [1.54, 1.807) is 0 Å². The summed E-state index contributed by atoms with van der Waals surface area (Å²) in [5.74, 6) is 1.60. The molecule has 224 valence electrons. The van der Waals surface area contributed by atoms with E-state index in [4.69, 9.17) is 9.97 Å². The van der Waals surface area contributed by atoms with Gasteiger partial charge < -0.3 is 4.57 Å². The van der Waals surface area contributed by atoms with E-state index in [1.807, 2.05) is 24.3 Å². The third-order valence-corrected chi connectivity index (χ3v) is 9.54. The fraction of sp³-hybridized carbons (Fsp3) is 0. The van der Waals surface area contributed by atoms with Gasteiger partial charge >= 0.3 is 0 Å². The van der Waals surface area contributed by atoms with Gasteiger partial charge in [0.15, 0.2) is 5.82 Å². The third kappa shape index (κ3) is 4.03. The molecule has 0 aliphatic heterocycles. The number of aromatic nitrogens is 4. The summed E-state index contributed by atoms with van der Waals surface area (Å²) in [6, 6.07) is 60.2. The van der Waals surface area contributed by atoms with Gasteiger partial charge in [0, 0.05) is 38.2 Å². The molecular weight excluding hydrogens is 585 g/mol. The molecule has 0 aliphatic rings. The van der Waals surface area contributed by atoms with E-state index in [0.717, 1.165) is 44.8 Å². The fourth-order valence-corrected chi connectivity index (χ4v) is 7.33. The molecule has 0 saturated heterocycles. The van der Waals surface area contributed by atoms with E-state index < -0.39 is 0 Å². The van der Waals surface area contributed by atoms with Crippen molar-refractivity contribution >= 4 is 54.5 Å². The molecule has 0 radical (unpaired) electrons. The molecule has 0 N–H and O–H groups in total. The predicted molar refractivity (Wildman–Crippen MR) is 199 cm³/mol. The Labute approximate surface area is 276 Å². The first kappa shape index (κ1) is 26.7. The van der Waals surface area contributed by atoms with Crippen molar-refractivity contribution in [2.45, 2.75) is 0 Å². The largest absolute Gasteiger partial charge is 0.309 e. The Morgan fingerprint density at radius 3 is 1.54 bits per heavy atom. The number of nitrogens with zero attached hydrogens (tertiary/aromatic N) is 4. The van der Waals surface area contributed by atoms with E-state index in [-0.39, 0.29) is 0 Å². The zero-order valence-corrected chi connectivity index (χ0v) is 26.0. The first-order chi connectivity index (χ1) is 23.8. The summed E-state index contributed by atoms with van der Waals surface area (Å²) in [6.45, 7) is 0. The third-order valence-electron chi connectivity index (χ3n) is 9.54. The molecule has 0 amide bonds. The van der Waals surface area contributed by atoms with E-state index in [0.29, 0.717) is 0 Å². The van der Waals surface area contributed by atoms with Crippen LogP contribution in [0, 0.1) is 0 Å². The Morgan fingerprint density at radius 2 is 0.854 bits per heavy atom. The van der Waals surface area contributed by atoms with Crippen molar-refractivity contribution in [3.05, 3.63) is 170 Å². The standard InChI is InChI=1S/C44H28N4/c1-2-12-30(13-3-1)43-45-38-18-8-4-17-36(38)44(46-43)48-41-21-11-7-16-35(41)37-28-31(24-27-42(37)48)29-22-25-32(26-23-29)47-39-19-9-5-14-33(39)34-15-6-10-20-40(34)47/h1-28H. The van der Waals surface area contributed by atoms with Crippen molar-refractivity contribution in [1.29, 1.82) is 0 Å². The SMILES string of the molecule is c1ccc(-c2nc(-n3c4ccccc4c4cc(-c5ccc(-n6c7ccccc7c7ccccc76)cc5)ccc43)c3ccccc3n2)cc1. The first-order valence-corrected chi connectivity index (χ1v) is 16.3. The van der Waals surface area contributed by atoms with Gasteiger partial charge in [-0.3, -0.25) is 4.57 Å². The Hall–Kier alpha value is -6.52. The normalized spacial score (nSPS) is 11.8. The quantitative estimate of drug-likeness (QED) is 0.198. The van der Waals surface area contributed by atoms with Crippen LogP contribution in [0.15, 0.2) is 170 Å². The van der Waals surface area contributed by atoms with Gasteiger partial charge in [0.25, 0.3) is 0 Å². The van der Waals surface area contributed by atoms with E-state index in [9.17, 15) is 0 Å². The maximum absolute atomic E-state index is 5.22. The lowest BCUT2D eigenvalue weighted by atomic mass is 10.0. The molecule has 0 saturated carbocycles. The molecule has 0 aliphatic carbocycles. The maximum Gasteiger partial charge on any atom is 0.162 e. The number of fused-ring (bicyclic) bond motifs is 7. The van der Waals surface area contributed by atoms with Crippen LogP contribution in [0.1, 0.15) is 0 Å². The topological polar surface area (TPSA) is 35.6 Å². The lowest BCUT2D eigenvalue weighted by molar-refractivity contribution is 1.08. The molecule has 0 fully saturated rings. The lowest BCUT2D eigenvalue weighted by Gasteiger charge is -2.13. The Balaban J connectivity index is 1.14. The Bertz CT molecular complexity index is 2770. The molecule has 0 bridgehead atoms. The van der Waals surface area contributed by atoms with Crippen LogP contribution in [0.25, 0.3) is 88.5 Å². The average Bonchev–Trinajstić information content (AvgIpc) is 3.67. The Morgan fingerprint density at radius 1 is 0.333 bits per heavy atom. The summed E-state index contributed by atoms with van der Waals surface area (Å²) in [5, 5.41) is 5.95. The van der Waals surface area contributed by atoms with Crippen LogP contribution in [0.4, 0.5) is 0 Å². The van der Waals surface area contributed by atoms with Crippen molar-refractivity contribution in [2.75, 3.05) is 0 Å². The molecule has 0 unspecified atom stereocenters. The van der Waals surface area contributed by atoms with Crippen LogP contribution in [-0.2, 0) is 0 Å². The second kappa shape index (κ2) is 10.5. The summed E-state index contributed by atoms with van der Waals surface area (Å²) in [5.41, 5.74) is 10.1. The number of hydrogen-bond donors (Lipinski definition) is 0. The minimum atomic E-state index is 0.718. The van der Waals surface area contributed by atoms with Crippen LogP contribution in [0.3, 0.4) is 0 Å².